The average Bonchev–Trinajstić information content (AvgIpc) is 2.49. The Bertz CT molecular complexity index is 564. The Kier molecular flexibility index (Phi) is 6.13. The minimum Gasteiger partial charge on any atom is -0.491 e. The van der Waals surface area contributed by atoms with E-state index in [0.717, 1.165) is 24.9 Å². The molecule has 0 aromatic heterocycles. The second-order valence-electron chi connectivity index (χ2n) is 5.84. The molecule has 1 heterocycles. The Labute approximate surface area is 142 Å². The molecular formula is C17H24ClNO4. The topological polar surface area (TPSA) is 59.0 Å². The van der Waals surface area contributed by atoms with Crippen LogP contribution in [0, 0.1) is 5.92 Å². The van der Waals surface area contributed by atoms with Crippen LogP contribution in [0.15, 0.2) is 12.1 Å². The number of hydrogen-bond donors (Lipinski definition) is 1. The highest BCUT2D eigenvalue weighted by Crippen LogP contribution is 2.37. The summed E-state index contributed by atoms with van der Waals surface area (Å²) in [7, 11) is 1.56. The van der Waals surface area contributed by atoms with Crippen molar-refractivity contribution in [3.63, 3.8) is 0 Å². The second kappa shape index (κ2) is 7.88. The molecule has 0 unspecified atom stereocenters. The predicted octanol–water partition coefficient (Wildman–Crippen LogP) is 3.43. The summed E-state index contributed by atoms with van der Waals surface area (Å²) >= 11 is 6.29. The van der Waals surface area contributed by atoms with Crippen LogP contribution in [-0.2, 0) is 11.3 Å². The highest BCUT2D eigenvalue weighted by molar-refractivity contribution is 6.32. The summed E-state index contributed by atoms with van der Waals surface area (Å²) in [6.07, 6.45) is 1.63. The molecule has 1 saturated heterocycles. The van der Waals surface area contributed by atoms with Crippen molar-refractivity contribution < 1.29 is 19.4 Å². The fourth-order valence-electron chi connectivity index (χ4n) is 3.17. The number of carboxylic acids is 1. The van der Waals surface area contributed by atoms with Gasteiger partial charge in [0, 0.05) is 12.6 Å². The van der Waals surface area contributed by atoms with Gasteiger partial charge in [-0.3, -0.25) is 9.69 Å². The first kappa shape index (κ1) is 17.9. The molecule has 2 rings (SSSR count). The molecule has 0 radical (unpaired) electrons. The van der Waals surface area contributed by atoms with Crippen molar-refractivity contribution in [3.8, 4) is 11.5 Å². The molecule has 23 heavy (non-hydrogen) atoms. The van der Waals surface area contributed by atoms with Gasteiger partial charge in [0.2, 0.25) is 0 Å². The van der Waals surface area contributed by atoms with Gasteiger partial charge in [0.15, 0.2) is 11.5 Å². The maximum absolute atomic E-state index is 11.4. The van der Waals surface area contributed by atoms with Crippen LogP contribution in [0.5, 0.6) is 11.5 Å². The Morgan fingerprint density at radius 1 is 1.48 bits per heavy atom. The summed E-state index contributed by atoms with van der Waals surface area (Å²) in [4.78, 5) is 13.5. The van der Waals surface area contributed by atoms with E-state index >= 15 is 0 Å². The average molecular weight is 342 g/mol. The predicted molar refractivity (Wildman–Crippen MR) is 89.4 cm³/mol. The Morgan fingerprint density at radius 2 is 2.22 bits per heavy atom. The zero-order valence-electron chi connectivity index (χ0n) is 13.8. The van der Waals surface area contributed by atoms with Crippen LogP contribution in [0.4, 0.5) is 0 Å². The van der Waals surface area contributed by atoms with Crippen LogP contribution in [0.3, 0.4) is 0 Å². The summed E-state index contributed by atoms with van der Waals surface area (Å²) in [6.45, 7) is 5.95. The first-order chi connectivity index (χ1) is 11.0. The summed E-state index contributed by atoms with van der Waals surface area (Å²) in [5.74, 6) is 0.123. The fourth-order valence-corrected chi connectivity index (χ4v) is 3.49. The highest BCUT2D eigenvalue weighted by atomic mass is 35.5. The molecule has 5 nitrogen and oxygen atoms in total. The standard InChI is InChI=1S/C17H24ClNO4/c1-4-23-15-9-12(8-14(18)16(15)22-3)10-19-7-5-6-13(11(19)2)17(20)21/h8-9,11,13H,4-7,10H2,1-3H3,(H,20,21)/t11-,13-/m0/s1. The summed E-state index contributed by atoms with van der Waals surface area (Å²) in [5, 5.41) is 9.84. The third-order valence-electron chi connectivity index (χ3n) is 4.39. The largest absolute Gasteiger partial charge is 0.491 e. The van der Waals surface area contributed by atoms with Gasteiger partial charge in [0.1, 0.15) is 0 Å². The van der Waals surface area contributed by atoms with Crippen LogP contribution in [0.2, 0.25) is 5.02 Å². The number of likely N-dealkylation sites (tertiary alicyclic amines) is 1. The number of halogens is 1. The van der Waals surface area contributed by atoms with E-state index in [4.69, 9.17) is 21.1 Å². The maximum atomic E-state index is 11.4. The molecule has 1 N–H and O–H groups in total. The number of benzene rings is 1. The molecule has 1 aliphatic rings. The third kappa shape index (κ3) is 4.09. The number of carbonyl (C=O) groups is 1. The second-order valence-corrected chi connectivity index (χ2v) is 6.25. The van der Waals surface area contributed by atoms with E-state index < -0.39 is 5.97 Å². The lowest BCUT2D eigenvalue weighted by molar-refractivity contribution is -0.145. The molecule has 1 aromatic carbocycles. The van der Waals surface area contributed by atoms with Gasteiger partial charge >= 0.3 is 5.97 Å². The smallest absolute Gasteiger partial charge is 0.308 e. The molecule has 1 fully saturated rings. The molecule has 0 aliphatic carbocycles. The monoisotopic (exact) mass is 341 g/mol. The van der Waals surface area contributed by atoms with Gasteiger partial charge in [-0.2, -0.15) is 0 Å². The van der Waals surface area contributed by atoms with Crippen LogP contribution in [0.1, 0.15) is 32.3 Å². The van der Waals surface area contributed by atoms with E-state index in [-0.39, 0.29) is 12.0 Å². The van der Waals surface area contributed by atoms with Crippen LogP contribution >= 0.6 is 11.6 Å². The van der Waals surface area contributed by atoms with E-state index in [1.165, 1.54) is 0 Å². The van der Waals surface area contributed by atoms with Crippen molar-refractivity contribution in [2.24, 2.45) is 5.92 Å². The van der Waals surface area contributed by atoms with Gasteiger partial charge in [0.25, 0.3) is 0 Å². The van der Waals surface area contributed by atoms with Gasteiger partial charge < -0.3 is 14.6 Å². The first-order valence-corrected chi connectivity index (χ1v) is 8.31. The molecule has 1 aliphatic heterocycles. The van der Waals surface area contributed by atoms with Gasteiger partial charge in [0.05, 0.1) is 24.7 Å². The lowest BCUT2D eigenvalue weighted by Crippen LogP contribution is -2.45. The number of carboxylic acid groups (broad SMARTS) is 1. The quantitative estimate of drug-likeness (QED) is 0.859. The molecule has 0 bridgehead atoms. The summed E-state index contributed by atoms with van der Waals surface area (Å²) in [6, 6.07) is 3.78. The number of nitrogens with zero attached hydrogens (tertiary/aromatic N) is 1. The molecule has 1 aromatic rings. The zero-order valence-corrected chi connectivity index (χ0v) is 14.6. The lowest BCUT2D eigenvalue weighted by atomic mass is 9.90. The Hall–Kier alpha value is -1.46. The number of methoxy groups -OCH3 is 1. The number of hydrogen-bond acceptors (Lipinski definition) is 4. The van der Waals surface area contributed by atoms with Gasteiger partial charge in [-0.25, -0.2) is 0 Å². The van der Waals surface area contributed by atoms with Crippen LogP contribution in [-0.4, -0.2) is 42.3 Å². The van der Waals surface area contributed by atoms with Crippen LogP contribution in [0.25, 0.3) is 0 Å². The number of aliphatic carboxylic acids is 1. The maximum Gasteiger partial charge on any atom is 0.308 e. The van der Waals surface area contributed by atoms with Crippen LogP contribution < -0.4 is 9.47 Å². The van der Waals surface area contributed by atoms with Crippen molar-refractivity contribution in [3.05, 3.63) is 22.7 Å². The number of ether oxygens (including phenoxy) is 2. The molecular weight excluding hydrogens is 318 g/mol. The molecule has 128 valence electrons. The summed E-state index contributed by atoms with van der Waals surface area (Å²) in [5.41, 5.74) is 0.997. The van der Waals surface area contributed by atoms with E-state index in [2.05, 4.69) is 4.90 Å². The van der Waals surface area contributed by atoms with Crippen molar-refractivity contribution in [2.45, 2.75) is 39.3 Å². The minimum atomic E-state index is -0.718. The Balaban J connectivity index is 2.20. The van der Waals surface area contributed by atoms with E-state index in [1.54, 1.807) is 7.11 Å². The third-order valence-corrected chi connectivity index (χ3v) is 4.68. The summed E-state index contributed by atoms with van der Waals surface area (Å²) < 4.78 is 10.9. The normalized spacial score (nSPS) is 21.9. The SMILES string of the molecule is CCOc1cc(CN2CCC[C@H](C(=O)O)[C@@H]2C)cc(Cl)c1OC. The fraction of sp³-hybridized carbons (Fsp3) is 0.588. The van der Waals surface area contributed by atoms with Crippen molar-refractivity contribution in [2.75, 3.05) is 20.3 Å². The molecule has 2 atom stereocenters. The van der Waals surface area contributed by atoms with Gasteiger partial charge in [-0.15, -0.1) is 0 Å². The zero-order chi connectivity index (χ0) is 17.0. The minimum absolute atomic E-state index is 0.00216. The molecule has 6 heteroatoms. The molecule has 0 spiro atoms. The van der Waals surface area contributed by atoms with E-state index in [9.17, 15) is 9.90 Å². The number of rotatable bonds is 6. The van der Waals surface area contributed by atoms with Crippen molar-refractivity contribution >= 4 is 17.6 Å². The first-order valence-electron chi connectivity index (χ1n) is 7.94. The Morgan fingerprint density at radius 3 is 2.83 bits per heavy atom. The molecule has 0 saturated carbocycles. The van der Waals surface area contributed by atoms with Gasteiger partial charge in [-0.05, 0) is 50.9 Å². The van der Waals surface area contributed by atoms with E-state index in [0.29, 0.717) is 29.7 Å². The number of piperidine rings is 1. The lowest BCUT2D eigenvalue weighted by Gasteiger charge is -2.37. The highest BCUT2D eigenvalue weighted by Gasteiger charge is 2.32. The van der Waals surface area contributed by atoms with Crippen molar-refractivity contribution in [1.82, 2.24) is 4.90 Å². The van der Waals surface area contributed by atoms with Crippen molar-refractivity contribution in [1.29, 1.82) is 0 Å². The van der Waals surface area contributed by atoms with E-state index in [1.807, 2.05) is 26.0 Å². The molecule has 0 amide bonds. The van der Waals surface area contributed by atoms with Gasteiger partial charge in [-0.1, -0.05) is 11.6 Å².